The van der Waals surface area contributed by atoms with Gasteiger partial charge in [0.1, 0.15) is 0 Å². The summed E-state index contributed by atoms with van der Waals surface area (Å²) in [6.45, 7) is 4.55. The Morgan fingerprint density at radius 2 is 0.871 bits per heavy atom. The molecule has 0 aromatic rings. The summed E-state index contributed by atoms with van der Waals surface area (Å²) in [4.78, 5) is 0. The number of hydrogen-bond acceptors (Lipinski definition) is 4. The molecule has 0 fully saturated rings. The molecule has 0 aliphatic rings. The van der Waals surface area contributed by atoms with Gasteiger partial charge in [-0.15, -0.1) is 0 Å². The van der Waals surface area contributed by atoms with Gasteiger partial charge in [0.2, 0.25) is 10.4 Å². The van der Waals surface area contributed by atoms with E-state index in [1.165, 1.54) is 109 Å². The summed E-state index contributed by atoms with van der Waals surface area (Å²) < 4.78 is 37.0. The largest absolute Gasteiger partial charge is 1.00 e. The van der Waals surface area contributed by atoms with Crippen molar-refractivity contribution in [3.8, 4) is 0 Å². The molecule has 0 aromatic carbocycles. The van der Waals surface area contributed by atoms with Crippen molar-refractivity contribution in [2.45, 2.75) is 149 Å². The van der Waals surface area contributed by atoms with Crippen LogP contribution in [0.3, 0.4) is 0 Å². The van der Waals surface area contributed by atoms with Crippen molar-refractivity contribution in [2.24, 2.45) is 5.92 Å². The van der Waals surface area contributed by atoms with Crippen molar-refractivity contribution in [1.82, 2.24) is 0 Å². The van der Waals surface area contributed by atoms with Crippen LogP contribution in [-0.2, 0) is 14.6 Å². The molecule has 0 spiro atoms. The first-order valence-electron chi connectivity index (χ1n) is 13.1. The van der Waals surface area contributed by atoms with Gasteiger partial charge < -0.3 is 4.55 Å². The summed E-state index contributed by atoms with van der Waals surface area (Å²) >= 11 is 0. The molecule has 0 aliphatic carbocycles. The van der Waals surface area contributed by atoms with Crippen LogP contribution in [0.25, 0.3) is 0 Å². The minimum absolute atomic E-state index is 0. The Balaban J connectivity index is 0. The summed E-state index contributed by atoms with van der Waals surface area (Å²) in [5.41, 5.74) is 0. The van der Waals surface area contributed by atoms with Gasteiger partial charge in [-0.1, -0.05) is 136 Å². The van der Waals surface area contributed by atoms with Gasteiger partial charge in [0, 0.05) is 0 Å². The molecule has 0 N–H and O–H groups in total. The van der Waals surface area contributed by atoms with Gasteiger partial charge in [0.15, 0.2) is 0 Å². The Kier molecular flexibility index (Phi) is 29.2. The first kappa shape index (κ1) is 34.7. The molecule has 0 radical (unpaired) electrons. The SMILES string of the molecule is CCCCCCCCCCCCCCCC(CCCCCCCC)COS(=O)(=O)[O-].[K+]. The summed E-state index contributed by atoms with van der Waals surface area (Å²) in [6, 6.07) is 0. The van der Waals surface area contributed by atoms with Crippen molar-refractivity contribution < 1.29 is 68.5 Å². The van der Waals surface area contributed by atoms with Gasteiger partial charge >= 0.3 is 51.4 Å². The van der Waals surface area contributed by atoms with Crippen LogP contribution >= 0.6 is 0 Å². The Bertz CT molecular complexity index is 443. The third-order valence-electron chi connectivity index (χ3n) is 6.13. The average Bonchev–Trinajstić information content (AvgIpc) is 2.70. The monoisotopic (exact) mass is 486 g/mol. The zero-order valence-electron chi connectivity index (χ0n) is 21.2. The molecule has 0 amide bonds. The molecule has 1 atom stereocenters. The summed E-state index contributed by atoms with van der Waals surface area (Å²) in [5.74, 6) is 0.201. The van der Waals surface area contributed by atoms with Crippen molar-refractivity contribution in [2.75, 3.05) is 6.61 Å². The minimum atomic E-state index is -4.57. The average molecular weight is 487 g/mol. The molecule has 0 rings (SSSR count). The first-order chi connectivity index (χ1) is 14.5. The zero-order valence-corrected chi connectivity index (χ0v) is 25.1. The summed E-state index contributed by atoms with van der Waals surface area (Å²) in [5, 5.41) is 0. The van der Waals surface area contributed by atoms with Gasteiger partial charge in [-0.3, -0.25) is 4.18 Å². The van der Waals surface area contributed by atoms with E-state index < -0.39 is 10.4 Å². The van der Waals surface area contributed by atoms with E-state index >= 15 is 0 Å². The molecule has 0 saturated heterocycles. The molecular formula is C25H51KO4S. The quantitative estimate of drug-likeness (QED) is 0.0802. The van der Waals surface area contributed by atoms with E-state index in [0.717, 1.165) is 25.7 Å². The van der Waals surface area contributed by atoms with E-state index in [4.69, 9.17) is 0 Å². The van der Waals surface area contributed by atoms with Gasteiger partial charge in [-0.25, -0.2) is 8.42 Å². The van der Waals surface area contributed by atoms with E-state index in [1.54, 1.807) is 0 Å². The topological polar surface area (TPSA) is 66.4 Å². The van der Waals surface area contributed by atoms with E-state index in [1.807, 2.05) is 0 Å². The maximum atomic E-state index is 10.8. The first-order valence-corrected chi connectivity index (χ1v) is 14.4. The fraction of sp³-hybridized carbons (Fsp3) is 1.00. The zero-order chi connectivity index (χ0) is 22.3. The maximum Gasteiger partial charge on any atom is 1.00 e. The predicted molar refractivity (Wildman–Crippen MR) is 127 cm³/mol. The summed E-state index contributed by atoms with van der Waals surface area (Å²) in [7, 11) is -4.57. The van der Waals surface area contributed by atoms with E-state index in [0.29, 0.717) is 0 Å². The van der Waals surface area contributed by atoms with E-state index in [9.17, 15) is 13.0 Å². The maximum absolute atomic E-state index is 10.8. The second-order valence-electron chi connectivity index (χ2n) is 9.15. The fourth-order valence-corrected chi connectivity index (χ4v) is 4.51. The van der Waals surface area contributed by atoms with Crippen LogP contribution in [0.4, 0.5) is 0 Å². The van der Waals surface area contributed by atoms with E-state index in [2.05, 4.69) is 18.0 Å². The molecule has 0 aliphatic heterocycles. The van der Waals surface area contributed by atoms with Crippen LogP contribution in [0.5, 0.6) is 0 Å². The fourth-order valence-electron chi connectivity index (χ4n) is 4.15. The molecule has 182 valence electrons. The van der Waals surface area contributed by atoms with Gasteiger partial charge in [0.05, 0.1) is 6.61 Å². The van der Waals surface area contributed by atoms with Crippen molar-refractivity contribution in [3.63, 3.8) is 0 Å². The van der Waals surface area contributed by atoms with Gasteiger partial charge in [-0.2, -0.15) is 0 Å². The smallest absolute Gasteiger partial charge is 0.726 e. The van der Waals surface area contributed by atoms with Crippen molar-refractivity contribution in [1.29, 1.82) is 0 Å². The van der Waals surface area contributed by atoms with E-state index in [-0.39, 0.29) is 63.9 Å². The number of rotatable bonds is 24. The van der Waals surface area contributed by atoms with Gasteiger partial charge in [-0.05, 0) is 18.8 Å². The third-order valence-corrected chi connectivity index (χ3v) is 6.55. The molecule has 0 bridgehead atoms. The molecule has 1 unspecified atom stereocenters. The van der Waals surface area contributed by atoms with Crippen LogP contribution in [0.2, 0.25) is 0 Å². The molecule has 31 heavy (non-hydrogen) atoms. The molecular weight excluding hydrogens is 435 g/mol. The second kappa shape index (κ2) is 26.1. The van der Waals surface area contributed by atoms with Crippen LogP contribution in [-0.4, -0.2) is 19.6 Å². The van der Waals surface area contributed by atoms with Crippen LogP contribution in [0.15, 0.2) is 0 Å². The standard InChI is InChI=1S/C25H52O4S.K/c1-3-5-7-9-11-12-13-14-15-16-17-19-21-23-25(24-29-30(26,27)28)22-20-18-10-8-6-4-2;/h25H,3-24H2,1-2H3,(H,26,27,28);/q;+1/p-1. The molecule has 0 aromatic heterocycles. The number of hydrogen-bond donors (Lipinski definition) is 0. The Hall–Kier alpha value is 1.51. The van der Waals surface area contributed by atoms with Crippen LogP contribution < -0.4 is 51.4 Å². The van der Waals surface area contributed by atoms with Gasteiger partial charge in [0.25, 0.3) is 0 Å². The van der Waals surface area contributed by atoms with Crippen LogP contribution in [0, 0.1) is 5.92 Å². The Morgan fingerprint density at radius 3 is 1.16 bits per heavy atom. The van der Waals surface area contributed by atoms with Crippen molar-refractivity contribution in [3.05, 3.63) is 0 Å². The Labute approximate surface area is 237 Å². The normalized spacial score (nSPS) is 12.6. The molecule has 0 heterocycles. The van der Waals surface area contributed by atoms with Crippen LogP contribution in [0.1, 0.15) is 149 Å². The molecule has 0 saturated carbocycles. The second-order valence-corrected chi connectivity index (χ2v) is 10.2. The summed E-state index contributed by atoms with van der Waals surface area (Å²) in [6.07, 6.45) is 26.6. The molecule has 6 heteroatoms. The third kappa shape index (κ3) is 29.5. The Morgan fingerprint density at radius 1 is 0.581 bits per heavy atom. The molecule has 4 nitrogen and oxygen atoms in total. The van der Waals surface area contributed by atoms with Crippen molar-refractivity contribution >= 4 is 10.4 Å². The predicted octanol–water partition coefficient (Wildman–Crippen LogP) is 5.32. The number of unbranched alkanes of at least 4 members (excludes halogenated alkanes) is 17. The minimum Gasteiger partial charge on any atom is -0.726 e.